The highest BCUT2D eigenvalue weighted by Crippen LogP contribution is 2.30. The second-order valence-corrected chi connectivity index (χ2v) is 4.84. The molecule has 1 heterocycles. The minimum Gasteiger partial charge on any atom is -0.504 e. The number of rotatable bonds is 2. The summed E-state index contributed by atoms with van der Waals surface area (Å²) in [5.41, 5.74) is 0.187. The lowest BCUT2D eigenvalue weighted by Crippen LogP contribution is -2.39. The Balaban J connectivity index is 2.18. The monoisotopic (exact) mass is 249 g/mol. The maximum atomic E-state index is 12.3. The molecule has 18 heavy (non-hydrogen) atoms. The van der Waals surface area contributed by atoms with Crippen molar-refractivity contribution in [2.45, 2.75) is 26.2 Å². The van der Waals surface area contributed by atoms with E-state index in [9.17, 15) is 15.0 Å². The van der Waals surface area contributed by atoms with Gasteiger partial charge in [-0.3, -0.25) is 4.79 Å². The number of carbonyl (C=O) groups excluding carboxylic acids is 1. The quantitative estimate of drug-likeness (QED) is 0.791. The van der Waals surface area contributed by atoms with Crippen molar-refractivity contribution in [1.82, 2.24) is 4.90 Å². The van der Waals surface area contributed by atoms with Gasteiger partial charge in [0.1, 0.15) is 0 Å². The van der Waals surface area contributed by atoms with Gasteiger partial charge in [-0.1, -0.05) is 19.4 Å². The Morgan fingerprint density at radius 3 is 2.94 bits per heavy atom. The molecule has 0 aliphatic carbocycles. The molecule has 1 amide bonds. The third kappa shape index (κ3) is 2.42. The van der Waals surface area contributed by atoms with E-state index in [1.807, 2.05) is 0 Å². The lowest BCUT2D eigenvalue weighted by molar-refractivity contribution is 0.0667. The van der Waals surface area contributed by atoms with Crippen LogP contribution in [-0.4, -0.2) is 34.1 Å². The zero-order valence-corrected chi connectivity index (χ0v) is 10.6. The molecule has 98 valence electrons. The number of amides is 1. The van der Waals surface area contributed by atoms with E-state index in [2.05, 4.69) is 6.92 Å². The molecule has 0 spiro atoms. The molecule has 1 aromatic rings. The molecule has 4 nitrogen and oxygen atoms in total. The molecule has 2 rings (SSSR count). The van der Waals surface area contributed by atoms with Gasteiger partial charge in [-0.25, -0.2) is 0 Å². The Bertz CT molecular complexity index is 445. The number of hydrogen-bond acceptors (Lipinski definition) is 3. The van der Waals surface area contributed by atoms with Crippen molar-refractivity contribution in [2.75, 3.05) is 13.1 Å². The van der Waals surface area contributed by atoms with Crippen LogP contribution < -0.4 is 0 Å². The molecule has 1 aliphatic rings. The molecule has 1 aliphatic heterocycles. The molecule has 4 heteroatoms. The molecule has 0 radical (unpaired) electrons. The Hall–Kier alpha value is -1.71. The number of carbonyl (C=O) groups is 1. The standard InChI is InChI=1S/C14H19NO3/c1-2-10-5-4-8-15(9-10)14(18)11-6-3-7-12(16)13(11)17/h3,6-7,10,16-17H,2,4-5,8-9H2,1H3. The predicted octanol–water partition coefficient (Wildman–Crippen LogP) is 2.36. The van der Waals surface area contributed by atoms with E-state index >= 15 is 0 Å². The van der Waals surface area contributed by atoms with E-state index in [0.29, 0.717) is 5.92 Å². The zero-order chi connectivity index (χ0) is 13.1. The minimum absolute atomic E-state index is 0.187. The minimum atomic E-state index is -0.318. The summed E-state index contributed by atoms with van der Waals surface area (Å²) in [6, 6.07) is 4.49. The number of phenolic OH excluding ortho intramolecular Hbond substituents is 2. The molecular formula is C14H19NO3. The second-order valence-electron chi connectivity index (χ2n) is 4.84. The second kappa shape index (κ2) is 5.29. The van der Waals surface area contributed by atoms with E-state index < -0.39 is 0 Å². The molecule has 0 saturated carbocycles. The van der Waals surface area contributed by atoms with Crippen LogP contribution in [0.25, 0.3) is 0 Å². The van der Waals surface area contributed by atoms with Gasteiger partial charge in [0.15, 0.2) is 11.5 Å². The summed E-state index contributed by atoms with van der Waals surface area (Å²) in [6.07, 6.45) is 3.23. The first-order chi connectivity index (χ1) is 8.63. The van der Waals surface area contributed by atoms with Crippen molar-refractivity contribution in [3.8, 4) is 11.5 Å². The van der Waals surface area contributed by atoms with Gasteiger partial charge < -0.3 is 15.1 Å². The maximum absolute atomic E-state index is 12.3. The van der Waals surface area contributed by atoms with Crippen molar-refractivity contribution in [3.05, 3.63) is 23.8 Å². The van der Waals surface area contributed by atoms with Crippen molar-refractivity contribution < 1.29 is 15.0 Å². The average molecular weight is 249 g/mol. The Morgan fingerprint density at radius 2 is 2.22 bits per heavy atom. The fourth-order valence-corrected chi connectivity index (χ4v) is 2.46. The Labute approximate surface area is 107 Å². The van der Waals surface area contributed by atoms with Crippen LogP contribution >= 0.6 is 0 Å². The molecular weight excluding hydrogens is 230 g/mol. The smallest absolute Gasteiger partial charge is 0.257 e. The molecule has 1 atom stereocenters. The van der Waals surface area contributed by atoms with Crippen molar-refractivity contribution in [2.24, 2.45) is 5.92 Å². The number of phenols is 2. The van der Waals surface area contributed by atoms with Crippen LogP contribution in [-0.2, 0) is 0 Å². The third-order valence-electron chi connectivity index (χ3n) is 3.63. The number of piperidine rings is 1. The molecule has 1 unspecified atom stereocenters. The van der Waals surface area contributed by atoms with Gasteiger partial charge in [-0.2, -0.15) is 0 Å². The first kappa shape index (κ1) is 12.7. The fourth-order valence-electron chi connectivity index (χ4n) is 2.46. The average Bonchev–Trinajstić information content (AvgIpc) is 2.41. The zero-order valence-electron chi connectivity index (χ0n) is 10.6. The van der Waals surface area contributed by atoms with Crippen LogP contribution in [0.5, 0.6) is 11.5 Å². The van der Waals surface area contributed by atoms with Crippen LogP contribution in [0.2, 0.25) is 0 Å². The fraction of sp³-hybridized carbons (Fsp3) is 0.500. The Kier molecular flexibility index (Phi) is 3.75. The van der Waals surface area contributed by atoms with Crippen LogP contribution in [0.1, 0.15) is 36.5 Å². The molecule has 1 aromatic carbocycles. The largest absolute Gasteiger partial charge is 0.504 e. The van der Waals surface area contributed by atoms with Gasteiger partial charge in [0.25, 0.3) is 5.91 Å². The summed E-state index contributed by atoms with van der Waals surface area (Å²) in [6.45, 7) is 3.60. The van der Waals surface area contributed by atoms with Gasteiger partial charge in [0.2, 0.25) is 0 Å². The highest BCUT2D eigenvalue weighted by molar-refractivity contribution is 5.97. The normalized spacial score (nSPS) is 19.8. The summed E-state index contributed by atoms with van der Waals surface area (Å²) >= 11 is 0. The third-order valence-corrected chi connectivity index (χ3v) is 3.63. The number of benzene rings is 1. The topological polar surface area (TPSA) is 60.8 Å². The van der Waals surface area contributed by atoms with E-state index in [1.54, 1.807) is 17.0 Å². The van der Waals surface area contributed by atoms with E-state index in [1.165, 1.54) is 6.07 Å². The molecule has 0 aromatic heterocycles. The predicted molar refractivity (Wildman–Crippen MR) is 68.7 cm³/mol. The lowest BCUT2D eigenvalue weighted by atomic mass is 9.95. The number of hydrogen-bond donors (Lipinski definition) is 2. The number of para-hydroxylation sites is 1. The summed E-state index contributed by atoms with van der Waals surface area (Å²) in [7, 11) is 0. The molecule has 1 saturated heterocycles. The van der Waals surface area contributed by atoms with E-state index in [-0.39, 0.29) is 23.0 Å². The van der Waals surface area contributed by atoms with Gasteiger partial charge in [-0.15, -0.1) is 0 Å². The maximum Gasteiger partial charge on any atom is 0.257 e. The highest BCUT2D eigenvalue weighted by atomic mass is 16.3. The summed E-state index contributed by atoms with van der Waals surface area (Å²) < 4.78 is 0. The van der Waals surface area contributed by atoms with Crippen molar-refractivity contribution in [3.63, 3.8) is 0 Å². The van der Waals surface area contributed by atoms with Crippen LogP contribution in [0.15, 0.2) is 18.2 Å². The van der Waals surface area contributed by atoms with Gasteiger partial charge in [0.05, 0.1) is 5.56 Å². The number of nitrogens with zero attached hydrogens (tertiary/aromatic N) is 1. The van der Waals surface area contributed by atoms with E-state index in [4.69, 9.17) is 0 Å². The van der Waals surface area contributed by atoms with Crippen LogP contribution in [0, 0.1) is 5.92 Å². The Morgan fingerprint density at radius 1 is 1.44 bits per heavy atom. The summed E-state index contributed by atoms with van der Waals surface area (Å²) in [4.78, 5) is 14.1. The first-order valence-electron chi connectivity index (χ1n) is 6.43. The van der Waals surface area contributed by atoms with Crippen molar-refractivity contribution >= 4 is 5.91 Å². The van der Waals surface area contributed by atoms with Crippen LogP contribution in [0.4, 0.5) is 0 Å². The first-order valence-corrected chi connectivity index (χ1v) is 6.43. The molecule has 1 fully saturated rings. The SMILES string of the molecule is CCC1CCCN(C(=O)c2cccc(O)c2O)C1. The highest BCUT2D eigenvalue weighted by Gasteiger charge is 2.25. The molecule has 0 bridgehead atoms. The van der Waals surface area contributed by atoms with Crippen molar-refractivity contribution in [1.29, 1.82) is 0 Å². The summed E-state index contributed by atoms with van der Waals surface area (Å²) in [5.74, 6) is -0.213. The number of likely N-dealkylation sites (tertiary alicyclic amines) is 1. The number of aromatic hydroxyl groups is 2. The van der Waals surface area contributed by atoms with Crippen LogP contribution in [0.3, 0.4) is 0 Å². The molecule has 2 N–H and O–H groups in total. The summed E-state index contributed by atoms with van der Waals surface area (Å²) in [5, 5.41) is 19.1. The van der Waals surface area contributed by atoms with Gasteiger partial charge >= 0.3 is 0 Å². The van der Waals surface area contributed by atoms with Gasteiger partial charge in [0, 0.05) is 13.1 Å². The van der Waals surface area contributed by atoms with Gasteiger partial charge in [-0.05, 0) is 30.9 Å². The lowest BCUT2D eigenvalue weighted by Gasteiger charge is -2.32. The van der Waals surface area contributed by atoms with E-state index in [0.717, 1.165) is 32.4 Å².